The fraction of sp³-hybridized carbons (Fsp3) is 0.522. The first kappa shape index (κ1) is 18.9. The molecule has 1 atom stereocenters. The highest BCUT2D eigenvalue weighted by Gasteiger charge is 2.28. The molecule has 2 heterocycles. The first-order valence-electron chi connectivity index (χ1n) is 10.6. The van der Waals surface area contributed by atoms with Gasteiger partial charge in [0.2, 0.25) is 5.91 Å². The molecule has 4 rings (SSSR count). The first-order valence-corrected chi connectivity index (χ1v) is 10.6. The maximum Gasteiger partial charge on any atom is 0.225 e. The van der Waals surface area contributed by atoms with Gasteiger partial charge in [0, 0.05) is 30.9 Å². The third-order valence-electron chi connectivity index (χ3n) is 6.02. The number of hydrogen-bond donors (Lipinski definition) is 1. The van der Waals surface area contributed by atoms with Crippen LogP contribution < -0.4 is 10.2 Å². The molecule has 5 nitrogen and oxygen atoms in total. The number of aromatic nitrogens is 2. The average molecular weight is 379 g/mol. The van der Waals surface area contributed by atoms with E-state index in [4.69, 9.17) is 4.98 Å². The molecule has 28 heavy (non-hydrogen) atoms. The molecule has 0 spiro atoms. The van der Waals surface area contributed by atoms with E-state index in [-0.39, 0.29) is 11.8 Å². The molecule has 2 aliphatic rings. The number of aryl methyl sites for hydroxylation is 1. The number of hydrogen-bond acceptors (Lipinski definition) is 4. The predicted molar refractivity (Wildman–Crippen MR) is 112 cm³/mol. The molecular formula is C23H30N4O. The van der Waals surface area contributed by atoms with Gasteiger partial charge in [-0.15, -0.1) is 0 Å². The van der Waals surface area contributed by atoms with E-state index in [1.54, 1.807) is 0 Å². The van der Waals surface area contributed by atoms with Crippen LogP contribution in [0.15, 0.2) is 36.5 Å². The SMILES string of the molecule is Cc1ccc(-c2nccc(N3CCCC(C(=O)NC4CCCCC4)C3)n2)cc1. The average Bonchev–Trinajstić information content (AvgIpc) is 2.75. The lowest BCUT2D eigenvalue weighted by Gasteiger charge is -2.34. The lowest BCUT2D eigenvalue weighted by Crippen LogP contribution is -2.46. The van der Waals surface area contributed by atoms with E-state index in [0.29, 0.717) is 6.04 Å². The molecule has 0 bridgehead atoms. The second-order valence-electron chi connectivity index (χ2n) is 8.23. The van der Waals surface area contributed by atoms with Gasteiger partial charge in [0.05, 0.1) is 5.92 Å². The molecule has 1 unspecified atom stereocenters. The number of rotatable bonds is 4. The number of amides is 1. The van der Waals surface area contributed by atoms with Crippen molar-refractivity contribution >= 4 is 11.7 Å². The normalized spacial score (nSPS) is 20.8. The summed E-state index contributed by atoms with van der Waals surface area (Å²) in [6, 6.07) is 10.6. The number of carbonyl (C=O) groups excluding carboxylic acids is 1. The van der Waals surface area contributed by atoms with Gasteiger partial charge in [0.15, 0.2) is 5.82 Å². The van der Waals surface area contributed by atoms with Crippen molar-refractivity contribution in [1.29, 1.82) is 0 Å². The van der Waals surface area contributed by atoms with Crippen molar-refractivity contribution < 1.29 is 4.79 Å². The van der Waals surface area contributed by atoms with Crippen LogP contribution in [0.25, 0.3) is 11.4 Å². The van der Waals surface area contributed by atoms with Crippen molar-refractivity contribution in [3.63, 3.8) is 0 Å². The van der Waals surface area contributed by atoms with Crippen LogP contribution in [0.1, 0.15) is 50.5 Å². The maximum absolute atomic E-state index is 12.8. The van der Waals surface area contributed by atoms with Gasteiger partial charge in [-0.25, -0.2) is 9.97 Å². The Hall–Kier alpha value is -2.43. The molecule has 5 heteroatoms. The molecule has 1 N–H and O–H groups in total. The number of carbonyl (C=O) groups is 1. The van der Waals surface area contributed by atoms with E-state index >= 15 is 0 Å². The van der Waals surface area contributed by atoms with Gasteiger partial charge in [0.1, 0.15) is 5.82 Å². The van der Waals surface area contributed by atoms with Gasteiger partial charge in [0.25, 0.3) is 0 Å². The van der Waals surface area contributed by atoms with Crippen molar-refractivity contribution in [1.82, 2.24) is 15.3 Å². The fourth-order valence-electron chi connectivity index (χ4n) is 4.33. The van der Waals surface area contributed by atoms with Gasteiger partial charge >= 0.3 is 0 Å². The topological polar surface area (TPSA) is 58.1 Å². The van der Waals surface area contributed by atoms with Crippen LogP contribution in [0.4, 0.5) is 5.82 Å². The summed E-state index contributed by atoms with van der Waals surface area (Å²) in [7, 11) is 0. The Morgan fingerprint density at radius 2 is 1.82 bits per heavy atom. The van der Waals surface area contributed by atoms with Gasteiger partial charge < -0.3 is 10.2 Å². The maximum atomic E-state index is 12.8. The molecular weight excluding hydrogens is 348 g/mol. The minimum Gasteiger partial charge on any atom is -0.356 e. The molecule has 2 fully saturated rings. The molecule has 1 amide bonds. The summed E-state index contributed by atoms with van der Waals surface area (Å²) in [5, 5.41) is 3.30. The highest BCUT2D eigenvalue weighted by Crippen LogP contribution is 2.25. The standard InChI is InChI=1S/C23H30N4O/c1-17-9-11-18(12-10-17)22-24-14-13-21(26-22)27-15-5-6-19(16-27)23(28)25-20-7-3-2-4-8-20/h9-14,19-20H,2-8,15-16H2,1H3,(H,25,28). The monoisotopic (exact) mass is 378 g/mol. The van der Waals surface area contributed by atoms with Crippen LogP contribution in [-0.2, 0) is 4.79 Å². The molecule has 1 aromatic heterocycles. The summed E-state index contributed by atoms with van der Waals surface area (Å²) in [5.74, 6) is 1.94. The van der Waals surface area contributed by atoms with Gasteiger partial charge in [-0.1, -0.05) is 49.1 Å². The largest absolute Gasteiger partial charge is 0.356 e. The van der Waals surface area contributed by atoms with Crippen LogP contribution in [0.3, 0.4) is 0 Å². The lowest BCUT2D eigenvalue weighted by molar-refractivity contribution is -0.126. The van der Waals surface area contributed by atoms with E-state index in [0.717, 1.165) is 56.0 Å². The zero-order valence-electron chi connectivity index (χ0n) is 16.7. The van der Waals surface area contributed by atoms with Crippen LogP contribution in [0.2, 0.25) is 0 Å². The smallest absolute Gasteiger partial charge is 0.225 e. The summed E-state index contributed by atoms with van der Waals surface area (Å²) in [6.07, 6.45) is 9.86. The van der Waals surface area contributed by atoms with Gasteiger partial charge in [-0.05, 0) is 38.7 Å². The molecule has 1 aliphatic heterocycles. The summed E-state index contributed by atoms with van der Waals surface area (Å²) in [4.78, 5) is 24.3. The quantitative estimate of drug-likeness (QED) is 0.870. The summed E-state index contributed by atoms with van der Waals surface area (Å²) in [5.41, 5.74) is 2.25. The number of piperidine rings is 1. The fourth-order valence-corrected chi connectivity index (χ4v) is 4.33. The summed E-state index contributed by atoms with van der Waals surface area (Å²) < 4.78 is 0. The van der Waals surface area contributed by atoms with Crippen molar-refractivity contribution in [2.75, 3.05) is 18.0 Å². The third-order valence-corrected chi connectivity index (χ3v) is 6.02. The van der Waals surface area contributed by atoms with E-state index in [9.17, 15) is 4.79 Å². The Bertz CT molecular complexity index is 799. The van der Waals surface area contributed by atoms with Crippen molar-refractivity contribution in [3.8, 4) is 11.4 Å². The second-order valence-corrected chi connectivity index (χ2v) is 8.23. The van der Waals surface area contributed by atoms with Gasteiger partial charge in [-0.3, -0.25) is 4.79 Å². The van der Waals surface area contributed by atoms with Crippen LogP contribution in [0.5, 0.6) is 0 Å². The second kappa shape index (κ2) is 8.72. The van der Waals surface area contributed by atoms with E-state index < -0.39 is 0 Å². The number of anilines is 1. The molecule has 2 aromatic rings. The van der Waals surface area contributed by atoms with Crippen LogP contribution in [0, 0.1) is 12.8 Å². The van der Waals surface area contributed by atoms with Crippen molar-refractivity contribution in [2.45, 2.75) is 57.9 Å². The van der Waals surface area contributed by atoms with E-state index in [1.807, 2.05) is 12.3 Å². The van der Waals surface area contributed by atoms with Crippen molar-refractivity contribution in [3.05, 3.63) is 42.1 Å². The molecule has 1 aliphatic carbocycles. The highest BCUT2D eigenvalue weighted by molar-refractivity contribution is 5.80. The Kier molecular flexibility index (Phi) is 5.89. The van der Waals surface area contributed by atoms with E-state index in [2.05, 4.69) is 46.4 Å². The Morgan fingerprint density at radius 3 is 2.61 bits per heavy atom. The van der Waals surface area contributed by atoms with Crippen molar-refractivity contribution in [2.24, 2.45) is 5.92 Å². The zero-order valence-corrected chi connectivity index (χ0v) is 16.7. The number of nitrogens with zero attached hydrogens (tertiary/aromatic N) is 3. The zero-order chi connectivity index (χ0) is 19.3. The minimum absolute atomic E-state index is 0.0495. The van der Waals surface area contributed by atoms with E-state index in [1.165, 1.54) is 24.8 Å². The molecule has 0 radical (unpaired) electrons. The first-order chi connectivity index (χ1) is 13.7. The number of nitrogens with one attached hydrogen (secondary N) is 1. The Balaban J connectivity index is 1.43. The minimum atomic E-state index is 0.0495. The number of benzene rings is 1. The molecule has 1 aromatic carbocycles. The molecule has 1 saturated heterocycles. The summed E-state index contributed by atoms with van der Waals surface area (Å²) >= 11 is 0. The van der Waals surface area contributed by atoms with Crippen LogP contribution >= 0.6 is 0 Å². The summed E-state index contributed by atoms with van der Waals surface area (Å²) in [6.45, 7) is 3.76. The molecule has 1 saturated carbocycles. The Labute approximate surface area is 167 Å². The Morgan fingerprint density at radius 1 is 1.04 bits per heavy atom. The lowest BCUT2D eigenvalue weighted by atomic mass is 9.93. The third kappa shape index (κ3) is 4.51. The molecule has 148 valence electrons. The predicted octanol–water partition coefficient (Wildman–Crippen LogP) is 4.12. The highest BCUT2D eigenvalue weighted by atomic mass is 16.2. The van der Waals surface area contributed by atoms with Gasteiger partial charge in [-0.2, -0.15) is 0 Å². The van der Waals surface area contributed by atoms with Crippen LogP contribution in [-0.4, -0.2) is 35.0 Å².